The number of nitriles is 3. The molecule has 0 saturated heterocycles. The van der Waals surface area contributed by atoms with Crippen LogP contribution in [0.1, 0.15) is 83.2 Å². The fourth-order valence-corrected chi connectivity index (χ4v) is 8.34. The molecule has 0 unspecified atom stereocenters. The second-order valence-electron chi connectivity index (χ2n) is 15.6. The van der Waals surface area contributed by atoms with Crippen LogP contribution in [0.4, 0.5) is 11.4 Å². The van der Waals surface area contributed by atoms with Crippen molar-refractivity contribution in [3.63, 3.8) is 0 Å². The largest absolute Gasteiger partial charge is 0.490 e. The summed E-state index contributed by atoms with van der Waals surface area (Å²) >= 11 is 1.58. The molecule has 0 fully saturated rings. The van der Waals surface area contributed by atoms with Gasteiger partial charge in [0.1, 0.15) is 41.7 Å². The van der Waals surface area contributed by atoms with Gasteiger partial charge in [0.05, 0.1) is 11.5 Å². The Bertz CT molecular complexity index is 2020. The van der Waals surface area contributed by atoms with E-state index in [4.69, 9.17) is 13.9 Å². The molecular formula is C46H57N5O3SSi. The molecule has 1 aliphatic heterocycles. The number of hydrogen-bond acceptors (Lipinski definition) is 9. The monoisotopic (exact) mass is 787 g/mol. The maximum atomic E-state index is 10.1. The van der Waals surface area contributed by atoms with Crippen LogP contribution in [0, 0.1) is 34.0 Å². The molecule has 2 aromatic carbocycles. The highest BCUT2D eigenvalue weighted by molar-refractivity contribution is 7.14. The summed E-state index contributed by atoms with van der Waals surface area (Å²) in [5.74, 6) is 0.755. The van der Waals surface area contributed by atoms with Gasteiger partial charge in [-0.2, -0.15) is 15.8 Å². The summed E-state index contributed by atoms with van der Waals surface area (Å²) in [7, 11) is -1.97. The lowest BCUT2D eigenvalue weighted by molar-refractivity contribution is 0.0954. The zero-order chi connectivity index (χ0) is 41.3. The second-order valence-corrected chi connectivity index (χ2v) is 21.5. The Hall–Kier alpha value is -5.05. The highest BCUT2D eigenvalue weighted by Crippen LogP contribution is 2.42. The number of nitrogens with zero attached hydrogens (tertiary/aromatic N) is 5. The smallest absolute Gasteiger partial charge is 0.192 e. The minimum Gasteiger partial charge on any atom is -0.490 e. The third kappa shape index (κ3) is 10.0. The van der Waals surface area contributed by atoms with Crippen LogP contribution in [0.3, 0.4) is 0 Å². The molecule has 0 spiro atoms. The van der Waals surface area contributed by atoms with E-state index in [2.05, 4.69) is 132 Å². The Labute approximate surface area is 340 Å². The molecule has 0 amide bonds. The van der Waals surface area contributed by atoms with Crippen molar-refractivity contribution in [2.24, 2.45) is 0 Å². The average molecular weight is 788 g/mol. The maximum absolute atomic E-state index is 10.1. The van der Waals surface area contributed by atoms with Crippen LogP contribution >= 0.6 is 11.3 Å². The van der Waals surface area contributed by atoms with Crippen molar-refractivity contribution in [3.8, 4) is 24.0 Å². The van der Waals surface area contributed by atoms with Gasteiger partial charge in [0, 0.05) is 48.0 Å². The van der Waals surface area contributed by atoms with Gasteiger partial charge in [-0.05, 0) is 119 Å². The summed E-state index contributed by atoms with van der Waals surface area (Å²) in [5.41, 5.74) is 5.25. The molecule has 0 N–H and O–H groups in total. The molecule has 0 aliphatic carbocycles. The molecule has 2 heterocycles. The van der Waals surface area contributed by atoms with Crippen LogP contribution in [0.2, 0.25) is 18.1 Å². The zero-order valence-electron chi connectivity index (χ0n) is 35.0. The summed E-state index contributed by atoms with van der Waals surface area (Å²) in [6.07, 6.45) is 6.00. The number of rotatable bonds is 16. The zero-order valence-corrected chi connectivity index (χ0v) is 36.9. The minimum absolute atomic E-state index is 0.0198. The average Bonchev–Trinajstić information content (AvgIpc) is 3.68. The molecule has 56 heavy (non-hydrogen) atoms. The van der Waals surface area contributed by atoms with Crippen molar-refractivity contribution in [3.05, 3.63) is 104 Å². The van der Waals surface area contributed by atoms with Gasteiger partial charge in [-0.1, -0.05) is 51.1 Å². The molecule has 0 saturated carbocycles. The van der Waals surface area contributed by atoms with Gasteiger partial charge >= 0.3 is 0 Å². The molecule has 4 rings (SSSR count). The summed E-state index contributed by atoms with van der Waals surface area (Å²) in [6, 6.07) is 25.5. The standard InChI is InChI=1S/C46H57N5O3SSi/c1-12-50(13-2)36-20-16-33(17-21-36)39(34-18-22-37(23-19-34)51(14-3)15-4)29-43-42(52-26-27-53-56(10,11)45(5,6)7)28-38(55-43)24-25-41-40(32-49)44(35(30-47)31-48)54-46(41,8)9/h16-25,28-29H,12-15,26-27H2,1-11H3/b25-24+. The summed E-state index contributed by atoms with van der Waals surface area (Å²) in [4.78, 5) is 6.53. The second kappa shape index (κ2) is 18.7. The van der Waals surface area contributed by atoms with Gasteiger partial charge in [0.25, 0.3) is 0 Å². The fourth-order valence-electron chi connectivity index (χ4n) is 6.36. The van der Waals surface area contributed by atoms with E-state index in [-0.39, 0.29) is 21.9 Å². The van der Waals surface area contributed by atoms with Crippen LogP contribution in [-0.2, 0) is 9.16 Å². The van der Waals surface area contributed by atoms with Crippen LogP contribution in [0.25, 0.3) is 17.7 Å². The Morgan fingerprint density at radius 2 is 1.34 bits per heavy atom. The van der Waals surface area contributed by atoms with Crippen molar-refractivity contribution >= 4 is 48.8 Å². The fraction of sp³-hybridized carbons (Fsp3) is 0.413. The van der Waals surface area contributed by atoms with Gasteiger partial charge < -0.3 is 23.7 Å². The maximum Gasteiger partial charge on any atom is 0.192 e. The van der Waals surface area contributed by atoms with Crippen LogP contribution < -0.4 is 14.5 Å². The Kier molecular flexibility index (Phi) is 14.6. The molecule has 0 radical (unpaired) electrons. The number of ether oxygens (including phenoxy) is 2. The highest BCUT2D eigenvalue weighted by atomic mass is 32.1. The number of benzene rings is 2. The normalized spacial score (nSPS) is 13.8. The molecule has 0 bridgehead atoms. The number of hydrogen-bond donors (Lipinski definition) is 0. The first-order valence-corrected chi connectivity index (χ1v) is 23.2. The van der Waals surface area contributed by atoms with Crippen LogP contribution in [-0.4, -0.2) is 53.3 Å². The van der Waals surface area contributed by atoms with Crippen LogP contribution in [0.15, 0.2) is 83.2 Å². The molecule has 294 valence electrons. The predicted molar refractivity (Wildman–Crippen MR) is 235 cm³/mol. The van der Waals surface area contributed by atoms with Crippen molar-refractivity contribution in [1.29, 1.82) is 15.8 Å². The Balaban J connectivity index is 1.86. The van der Waals surface area contributed by atoms with E-state index < -0.39 is 13.9 Å². The third-order valence-corrected chi connectivity index (χ3v) is 16.3. The van der Waals surface area contributed by atoms with Crippen LogP contribution in [0.5, 0.6) is 5.75 Å². The first kappa shape index (κ1) is 43.7. The molecular weight excluding hydrogens is 731 g/mol. The molecule has 3 aromatic rings. The molecule has 1 aliphatic rings. The van der Waals surface area contributed by atoms with E-state index in [1.807, 2.05) is 44.2 Å². The van der Waals surface area contributed by atoms with E-state index in [0.717, 1.165) is 58.4 Å². The SMILES string of the molecule is CCN(CC)c1ccc(C(=Cc2sc(/C=C/C3=C(C#N)C(=C(C#N)C#N)OC3(C)C)cc2OCCO[Si](C)(C)C(C)(C)C)c2ccc(N(CC)CC)cc2)cc1. The Morgan fingerprint density at radius 1 is 0.821 bits per heavy atom. The lowest BCUT2D eigenvalue weighted by Crippen LogP contribution is -2.41. The lowest BCUT2D eigenvalue weighted by Gasteiger charge is -2.36. The quantitative estimate of drug-likeness (QED) is 0.0802. The van der Waals surface area contributed by atoms with E-state index in [1.165, 1.54) is 11.4 Å². The van der Waals surface area contributed by atoms with Crippen molar-refractivity contribution in [2.75, 3.05) is 49.2 Å². The minimum atomic E-state index is -1.97. The summed E-state index contributed by atoms with van der Waals surface area (Å²) in [5, 5.41) is 29.3. The molecule has 0 atom stereocenters. The highest BCUT2D eigenvalue weighted by Gasteiger charge is 2.39. The predicted octanol–water partition coefficient (Wildman–Crippen LogP) is 11.4. The molecule has 10 heteroatoms. The van der Waals surface area contributed by atoms with E-state index in [1.54, 1.807) is 11.3 Å². The number of anilines is 2. The first-order valence-electron chi connectivity index (χ1n) is 19.5. The van der Waals surface area contributed by atoms with Gasteiger partial charge in [0.15, 0.2) is 19.6 Å². The van der Waals surface area contributed by atoms with E-state index >= 15 is 0 Å². The molecule has 8 nitrogen and oxygen atoms in total. The summed E-state index contributed by atoms with van der Waals surface area (Å²) < 4.78 is 19.0. The van der Waals surface area contributed by atoms with E-state index in [0.29, 0.717) is 18.8 Å². The Morgan fingerprint density at radius 3 is 1.79 bits per heavy atom. The summed E-state index contributed by atoms with van der Waals surface area (Å²) in [6.45, 7) is 28.1. The first-order chi connectivity index (χ1) is 26.6. The topological polar surface area (TPSA) is 106 Å². The van der Waals surface area contributed by atoms with Gasteiger partial charge in [-0.15, -0.1) is 11.3 Å². The number of thiophene rings is 1. The number of allylic oxidation sites excluding steroid dienone is 2. The van der Waals surface area contributed by atoms with Gasteiger partial charge in [-0.3, -0.25) is 0 Å². The van der Waals surface area contributed by atoms with Crippen molar-refractivity contribution in [1.82, 2.24) is 0 Å². The lowest BCUT2D eigenvalue weighted by atomic mass is 9.94. The van der Waals surface area contributed by atoms with Crippen molar-refractivity contribution < 1.29 is 13.9 Å². The van der Waals surface area contributed by atoms with Gasteiger partial charge in [0.2, 0.25) is 0 Å². The molecule has 1 aromatic heterocycles. The van der Waals surface area contributed by atoms with Crippen molar-refractivity contribution in [2.45, 2.75) is 86.0 Å². The van der Waals surface area contributed by atoms with Gasteiger partial charge in [-0.25, -0.2) is 0 Å². The third-order valence-electron chi connectivity index (χ3n) is 10.7. The van der Waals surface area contributed by atoms with E-state index in [9.17, 15) is 15.8 Å².